The summed E-state index contributed by atoms with van der Waals surface area (Å²) >= 11 is 0. The number of carboxylic acid groups (broad SMARTS) is 1. The van der Waals surface area contributed by atoms with Gasteiger partial charge in [-0.3, -0.25) is 4.99 Å². The van der Waals surface area contributed by atoms with Crippen molar-refractivity contribution in [3.05, 3.63) is 156 Å². The minimum atomic E-state index is -1.57. The third kappa shape index (κ3) is 6.09. The Labute approximate surface area is 299 Å². The Morgan fingerprint density at radius 3 is 2.08 bits per heavy atom. The molecule has 0 bridgehead atoms. The number of hydrogen-bond acceptors (Lipinski definition) is 7. The van der Waals surface area contributed by atoms with E-state index in [1.165, 1.54) is 0 Å². The van der Waals surface area contributed by atoms with Gasteiger partial charge in [0.1, 0.15) is 11.2 Å². The number of carboxylic acids is 1. The summed E-state index contributed by atoms with van der Waals surface area (Å²) in [7, 11) is -1.61. The summed E-state index contributed by atoms with van der Waals surface area (Å²) in [6, 6.07) is 41.8. The van der Waals surface area contributed by atoms with Gasteiger partial charge in [0.25, 0.3) is 0 Å². The van der Waals surface area contributed by atoms with Crippen molar-refractivity contribution in [1.29, 1.82) is 0 Å². The molecule has 8 rings (SSSR count). The van der Waals surface area contributed by atoms with Gasteiger partial charge in [-0.1, -0.05) is 78.9 Å². The van der Waals surface area contributed by atoms with Crippen molar-refractivity contribution < 1.29 is 29.4 Å². The predicted molar refractivity (Wildman–Crippen MR) is 209 cm³/mol. The summed E-state index contributed by atoms with van der Waals surface area (Å²) in [4.78, 5) is 17.3. The van der Waals surface area contributed by atoms with Crippen molar-refractivity contribution in [2.45, 2.75) is 13.1 Å². The van der Waals surface area contributed by atoms with Crippen LogP contribution in [0.25, 0.3) is 54.6 Å². The van der Waals surface area contributed by atoms with Gasteiger partial charge in [-0.2, -0.15) is 0 Å². The van der Waals surface area contributed by atoms with Crippen LogP contribution in [0, 0.1) is 0 Å². The number of benzene rings is 7. The molecule has 0 aliphatic rings. The molecule has 0 saturated heterocycles. The Balaban J connectivity index is 1.29. The molecule has 7 aromatic carbocycles. The number of rotatable bonds is 9. The van der Waals surface area contributed by atoms with Crippen LogP contribution in [-0.4, -0.2) is 40.7 Å². The largest absolute Gasteiger partial charge is 0.488 e. The summed E-state index contributed by atoms with van der Waals surface area (Å²) < 4.78 is 6.86. The summed E-state index contributed by atoms with van der Waals surface area (Å²) in [6.45, 7) is 0.825. The number of nitrogens with one attached hydrogen (secondary N) is 1. The molecular weight excluding hydrogens is 650 g/mol. The van der Waals surface area contributed by atoms with Gasteiger partial charge in [0, 0.05) is 39.3 Å². The minimum absolute atomic E-state index is 0.0468. The van der Waals surface area contributed by atoms with E-state index in [-0.39, 0.29) is 13.0 Å². The van der Waals surface area contributed by atoms with Crippen molar-refractivity contribution in [3.8, 4) is 11.1 Å². The Hall–Kier alpha value is -6.19. The summed E-state index contributed by atoms with van der Waals surface area (Å²) in [6.07, 6.45) is 0. The molecule has 8 aromatic rings. The van der Waals surface area contributed by atoms with Crippen LogP contribution in [0.5, 0.6) is 0 Å². The fraction of sp³-hybridized carbons (Fsp3) is 0.0476. The van der Waals surface area contributed by atoms with Crippen molar-refractivity contribution in [3.63, 3.8) is 0 Å². The molecule has 0 aliphatic carbocycles. The van der Waals surface area contributed by atoms with Gasteiger partial charge in [0.2, 0.25) is 0 Å². The molecule has 0 atom stereocenters. The lowest BCUT2D eigenvalue weighted by Gasteiger charge is -2.16. The lowest BCUT2D eigenvalue weighted by atomic mass is 9.77. The first kappa shape index (κ1) is 33.0. The zero-order valence-electron chi connectivity index (χ0n) is 28.0. The van der Waals surface area contributed by atoms with Gasteiger partial charge < -0.3 is 29.9 Å². The quantitative estimate of drug-likeness (QED) is 0.0758. The van der Waals surface area contributed by atoms with E-state index in [1.807, 2.05) is 109 Å². The van der Waals surface area contributed by atoms with E-state index in [4.69, 9.17) is 9.41 Å². The molecule has 10 heteroatoms. The second-order valence-corrected chi connectivity index (χ2v) is 12.7. The third-order valence-electron chi connectivity index (χ3n) is 9.63. The van der Waals surface area contributed by atoms with Crippen LogP contribution in [0.3, 0.4) is 0 Å². The van der Waals surface area contributed by atoms with Crippen LogP contribution in [-0.2, 0) is 13.1 Å². The summed E-state index contributed by atoms with van der Waals surface area (Å²) in [5.41, 5.74) is 6.69. The lowest BCUT2D eigenvalue weighted by molar-refractivity contribution is 0.0697. The van der Waals surface area contributed by atoms with Gasteiger partial charge in [0.05, 0.1) is 17.5 Å². The van der Waals surface area contributed by atoms with Crippen LogP contribution < -0.4 is 21.6 Å². The van der Waals surface area contributed by atoms with Crippen LogP contribution in [0.2, 0.25) is 0 Å². The predicted octanol–water partition coefficient (Wildman–Crippen LogP) is 5.62. The van der Waals surface area contributed by atoms with E-state index in [1.54, 1.807) is 24.3 Å². The molecule has 0 aliphatic heterocycles. The minimum Gasteiger partial charge on any atom is -0.478 e. The normalized spacial score (nSPS) is 11.8. The van der Waals surface area contributed by atoms with Crippen molar-refractivity contribution >= 4 is 80.7 Å². The number of fused-ring (bicyclic) bond motifs is 6. The molecule has 0 saturated carbocycles. The fourth-order valence-electron chi connectivity index (χ4n) is 7.02. The van der Waals surface area contributed by atoms with E-state index in [9.17, 15) is 25.0 Å². The lowest BCUT2D eigenvalue weighted by Crippen LogP contribution is -2.33. The highest BCUT2D eigenvalue weighted by Crippen LogP contribution is 2.42. The van der Waals surface area contributed by atoms with Crippen molar-refractivity contribution in [2.75, 3.05) is 5.32 Å². The average Bonchev–Trinajstić information content (AvgIpc) is 3.18. The average molecular weight is 682 g/mol. The maximum absolute atomic E-state index is 12.5. The van der Waals surface area contributed by atoms with Crippen molar-refractivity contribution in [1.82, 2.24) is 0 Å². The Morgan fingerprint density at radius 2 is 1.35 bits per heavy atom. The molecule has 1 aromatic heterocycles. The van der Waals surface area contributed by atoms with Gasteiger partial charge in [-0.15, -0.1) is 0 Å². The van der Waals surface area contributed by atoms with E-state index >= 15 is 0 Å². The SMILES string of the molecule is O=C(O)c1ccccc1-c1c2ccc3cc(NCc4ccccc4B(O)O)ccc3c2oc2c1ccc1c/c(=N\Cc3ccccc3BO)ccc12. The highest BCUT2D eigenvalue weighted by Gasteiger charge is 2.21. The van der Waals surface area contributed by atoms with E-state index in [0.29, 0.717) is 35.3 Å². The monoisotopic (exact) mass is 682 g/mol. The topological polar surface area (TPSA) is 136 Å². The Morgan fingerprint density at radius 1 is 0.712 bits per heavy atom. The number of hydrogen-bond donors (Lipinski definition) is 5. The summed E-state index contributed by atoms with van der Waals surface area (Å²) in [5.74, 6) is -1.01. The maximum atomic E-state index is 12.5. The molecule has 0 fully saturated rings. The van der Waals surface area contributed by atoms with Gasteiger partial charge in [-0.25, -0.2) is 4.79 Å². The molecule has 0 radical (unpaired) electrons. The fourth-order valence-corrected chi connectivity index (χ4v) is 7.02. The summed E-state index contributed by atoms with van der Waals surface area (Å²) in [5, 5.41) is 48.9. The highest BCUT2D eigenvalue weighted by atomic mass is 16.4. The van der Waals surface area contributed by atoms with E-state index in [2.05, 4.69) is 5.32 Å². The molecule has 52 heavy (non-hydrogen) atoms. The highest BCUT2D eigenvalue weighted by molar-refractivity contribution is 6.59. The number of anilines is 1. The molecule has 0 unspecified atom stereocenters. The van der Waals surface area contributed by atoms with Gasteiger partial charge in [-0.05, 0) is 93.0 Å². The Bertz CT molecular complexity index is 2740. The second-order valence-electron chi connectivity index (χ2n) is 12.7. The first-order chi connectivity index (χ1) is 25.4. The molecule has 252 valence electrons. The molecule has 1 heterocycles. The third-order valence-corrected chi connectivity index (χ3v) is 9.63. The van der Waals surface area contributed by atoms with Crippen molar-refractivity contribution in [2.24, 2.45) is 4.99 Å². The number of carbonyl (C=O) groups is 1. The molecular formula is C42H32B2N2O6. The maximum Gasteiger partial charge on any atom is 0.488 e. The Kier molecular flexibility index (Phi) is 8.78. The molecule has 8 nitrogen and oxygen atoms in total. The molecule has 5 N–H and O–H groups in total. The van der Waals surface area contributed by atoms with Crippen LogP contribution in [0.1, 0.15) is 21.5 Å². The van der Waals surface area contributed by atoms with Gasteiger partial charge in [0.15, 0.2) is 0 Å². The smallest absolute Gasteiger partial charge is 0.478 e. The first-order valence-electron chi connectivity index (χ1n) is 16.9. The zero-order valence-corrected chi connectivity index (χ0v) is 28.0. The van der Waals surface area contributed by atoms with E-state index in [0.717, 1.165) is 65.5 Å². The van der Waals surface area contributed by atoms with Crippen LogP contribution in [0.4, 0.5) is 5.69 Å². The standard InChI is InChI=1S/C42H32B2N2O6/c47-42(48)34-10-4-3-9-33(34)39-35-17-13-25-21-29(45-23-27-7-1-5-11-37(27)43-49)15-19-31(25)40(35)52-41-32-20-16-30(22-26(32)14-18-36(39)41)46-24-28-8-2-6-12-38(28)44(50)51/h1-22,43,46,49-51H,23-24H2,(H,47,48)/b45-29-. The molecule has 0 spiro atoms. The van der Waals surface area contributed by atoms with Crippen LogP contribution in [0.15, 0.2) is 143 Å². The second kappa shape index (κ2) is 13.8. The number of aromatic carboxylic acids is 1. The zero-order chi connectivity index (χ0) is 35.8. The van der Waals surface area contributed by atoms with E-state index < -0.39 is 13.1 Å². The first-order valence-corrected chi connectivity index (χ1v) is 16.9. The number of nitrogens with zero attached hydrogens (tertiary/aromatic N) is 1. The van der Waals surface area contributed by atoms with Gasteiger partial charge >= 0.3 is 20.6 Å². The molecule has 0 amide bonds. The van der Waals surface area contributed by atoms with Crippen LogP contribution >= 0.6 is 0 Å².